The predicted molar refractivity (Wildman–Crippen MR) is 94.3 cm³/mol. The third kappa shape index (κ3) is 4.38. The van der Waals surface area contributed by atoms with Gasteiger partial charge in [-0.3, -0.25) is 0 Å². The Morgan fingerprint density at radius 3 is 2.68 bits per heavy atom. The van der Waals surface area contributed by atoms with Crippen LogP contribution >= 0.6 is 0 Å². The molecule has 1 aromatic carbocycles. The number of ether oxygens (including phenoxy) is 1. The zero-order valence-electron chi connectivity index (χ0n) is 15.3. The Morgan fingerprint density at radius 2 is 2.00 bits per heavy atom. The minimum Gasteiger partial charge on any atom is -0.444 e. The lowest BCUT2D eigenvalue weighted by atomic mass is 9.98. The molecule has 2 heterocycles. The van der Waals surface area contributed by atoms with E-state index < -0.39 is 5.60 Å². The molecule has 6 heteroatoms. The summed E-state index contributed by atoms with van der Waals surface area (Å²) in [6.45, 7) is 8.90. The van der Waals surface area contributed by atoms with Gasteiger partial charge >= 0.3 is 6.09 Å². The molecule has 0 aliphatic carbocycles. The Morgan fingerprint density at radius 1 is 1.28 bits per heavy atom. The highest BCUT2D eigenvalue weighted by Gasteiger charge is 2.31. The molecule has 0 spiro atoms. The highest BCUT2D eigenvalue weighted by atomic mass is 16.6. The fourth-order valence-corrected chi connectivity index (χ4v) is 2.89. The molecule has 1 saturated heterocycles. The molecule has 1 atom stereocenters. The second-order valence-electron chi connectivity index (χ2n) is 7.59. The second-order valence-corrected chi connectivity index (χ2v) is 7.59. The first-order valence-electron chi connectivity index (χ1n) is 8.70. The van der Waals surface area contributed by atoms with Gasteiger partial charge in [-0.2, -0.15) is 4.98 Å². The summed E-state index contributed by atoms with van der Waals surface area (Å²) in [5, 5.41) is 4.10. The van der Waals surface area contributed by atoms with E-state index in [4.69, 9.17) is 9.26 Å². The number of rotatable bonds is 2. The van der Waals surface area contributed by atoms with E-state index in [1.807, 2.05) is 52.0 Å². The maximum atomic E-state index is 12.3. The topological polar surface area (TPSA) is 68.5 Å². The molecule has 0 saturated carbocycles. The summed E-state index contributed by atoms with van der Waals surface area (Å²) in [6.07, 6.45) is 1.54. The van der Waals surface area contributed by atoms with Crippen molar-refractivity contribution in [3.8, 4) is 11.4 Å². The molecule has 25 heavy (non-hydrogen) atoms. The fraction of sp³-hybridized carbons (Fsp3) is 0.526. The Balaban J connectivity index is 1.70. The van der Waals surface area contributed by atoms with E-state index in [0.29, 0.717) is 24.8 Å². The van der Waals surface area contributed by atoms with Crippen LogP contribution < -0.4 is 0 Å². The minimum absolute atomic E-state index is 0.0490. The van der Waals surface area contributed by atoms with Gasteiger partial charge in [-0.25, -0.2) is 4.79 Å². The molecule has 1 amide bonds. The van der Waals surface area contributed by atoms with Gasteiger partial charge in [0.25, 0.3) is 0 Å². The lowest BCUT2D eigenvalue weighted by Crippen LogP contribution is -2.42. The predicted octanol–water partition coefficient (Wildman–Crippen LogP) is 4.16. The Hall–Kier alpha value is -2.37. The van der Waals surface area contributed by atoms with E-state index >= 15 is 0 Å². The van der Waals surface area contributed by atoms with Crippen LogP contribution in [0.15, 0.2) is 28.8 Å². The summed E-state index contributed by atoms with van der Waals surface area (Å²) >= 11 is 0. The molecular weight excluding hydrogens is 318 g/mol. The van der Waals surface area contributed by atoms with E-state index in [0.717, 1.165) is 18.4 Å². The first-order chi connectivity index (χ1) is 11.8. The zero-order valence-corrected chi connectivity index (χ0v) is 15.3. The zero-order chi connectivity index (χ0) is 18.0. The standard InChI is InChI=1S/C19H25N3O3/c1-13-7-9-14(10-8-13)16-20-17(25-21-16)15-6-5-11-22(12-15)18(23)24-19(2,3)4/h7-10,15H,5-6,11-12H2,1-4H3/t15-/m1/s1. The average molecular weight is 343 g/mol. The van der Waals surface area contributed by atoms with Crippen molar-refractivity contribution >= 4 is 6.09 Å². The highest BCUT2D eigenvalue weighted by molar-refractivity contribution is 5.68. The number of nitrogens with zero attached hydrogens (tertiary/aromatic N) is 3. The first-order valence-corrected chi connectivity index (χ1v) is 8.70. The van der Waals surface area contributed by atoms with Gasteiger partial charge in [0.15, 0.2) is 0 Å². The number of likely N-dealkylation sites (tertiary alicyclic amines) is 1. The van der Waals surface area contributed by atoms with Gasteiger partial charge in [-0.1, -0.05) is 35.0 Å². The van der Waals surface area contributed by atoms with Crippen LogP contribution in [0, 0.1) is 6.92 Å². The minimum atomic E-state index is -0.493. The van der Waals surface area contributed by atoms with Crippen LogP contribution in [0.2, 0.25) is 0 Å². The van der Waals surface area contributed by atoms with Crippen molar-refractivity contribution < 1.29 is 14.1 Å². The summed E-state index contributed by atoms with van der Waals surface area (Å²) in [4.78, 5) is 18.6. The van der Waals surface area contributed by atoms with Gasteiger partial charge in [0, 0.05) is 18.7 Å². The molecule has 6 nitrogen and oxygen atoms in total. The monoisotopic (exact) mass is 343 g/mol. The number of piperidine rings is 1. The maximum absolute atomic E-state index is 12.3. The Bertz CT molecular complexity index is 731. The van der Waals surface area contributed by atoms with Gasteiger partial charge in [0.05, 0.1) is 5.92 Å². The number of hydrogen-bond acceptors (Lipinski definition) is 5. The Kier molecular flexibility index (Phi) is 4.79. The quantitative estimate of drug-likeness (QED) is 0.819. The van der Waals surface area contributed by atoms with E-state index in [2.05, 4.69) is 10.1 Å². The van der Waals surface area contributed by atoms with Crippen LogP contribution in [-0.4, -0.2) is 39.8 Å². The summed E-state index contributed by atoms with van der Waals surface area (Å²) in [6, 6.07) is 8.02. The van der Waals surface area contributed by atoms with Gasteiger partial charge in [-0.05, 0) is 40.5 Å². The molecule has 1 aliphatic rings. The summed E-state index contributed by atoms with van der Waals surface area (Å²) in [5.41, 5.74) is 1.63. The number of carbonyl (C=O) groups excluding carboxylic acids is 1. The van der Waals surface area contributed by atoms with E-state index in [-0.39, 0.29) is 12.0 Å². The van der Waals surface area contributed by atoms with E-state index in [1.165, 1.54) is 5.56 Å². The Labute approximate surface area is 148 Å². The van der Waals surface area contributed by atoms with Crippen molar-refractivity contribution in [2.24, 2.45) is 0 Å². The molecule has 0 bridgehead atoms. The third-order valence-corrected chi connectivity index (χ3v) is 4.17. The molecule has 1 fully saturated rings. The van der Waals surface area contributed by atoms with Crippen LogP contribution in [0.25, 0.3) is 11.4 Å². The molecule has 2 aromatic rings. The van der Waals surface area contributed by atoms with Gasteiger partial charge < -0.3 is 14.2 Å². The van der Waals surface area contributed by atoms with Crippen LogP contribution in [0.4, 0.5) is 4.79 Å². The van der Waals surface area contributed by atoms with E-state index in [1.54, 1.807) is 4.90 Å². The molecule has 0 unspecified atom stereocenters. The third-order valence-electron chi connectivity index (χ3n) is 4.17. The van der Waals surface area contributed by atoms with Crippen molar-refractivity contribution in [2.75, 3.05) is 13.1 Å². The molecule has 0 N–H and O–H groups in total. The lowest BCUT2D eigenvalue weighted by molar-refractivity contribution is 0.0189. The van der Waals surface area contributed by atoms with Crippen LogP contribution in [0.1, 0.15) is 51.0 Å². The van der Waals surface area contributed by atoms with E-state index in [9.17, 15) is 4.79 Å². The van der Waals surface area contributed by atoms with Crippen molar-refractivity contribution in [2.45, 2.75) is 52.1 Å². The van der Waals surface area contributed by atoms with Crippen LogP contribution in [0.3, 0.4) is 0 Å². The molecular formula is C19H25N3O3. The molecule has 134 valence electrons. The summed E-state index contributed by atoms with van der Waals surface area (Å²) in [7, 11) is 0. The normalized spacial score (nSPS) is 18.2. The fourth-order valence-electron chi connectivity index (χ4n) is 2.89. The van der Waals surface area contributed by atoms with Gasteiger partial charge in [0.2, 0.25) is 11.7 Å². The number of benzene rings is 1. The van der Waals surface area contributed by atoms with Gasteiger partial charge in [0.1, 0.15) is 5.60 Å². The molecule has 1 aliphatic heterocycles. The van der Waals surface area contributed by atoms with Crippen molar-refractivity contribution in [3.63, 3.8) is 0 Å². The first kappa shape index (κ1) is 17.5. The highest BCUT2D eigenvalue weighted by Crippen LogP contribution is 2.28. The van der Waals surface area contributed by atoms with Crippen molar-refractivity contribution in [3.05, 3.63) is 35.7 Å². The van der Waals surface area contributed by atoms with Crippen LogP contribution in [-0.2, 0) is 4.74 Å². The number of aromatic nitrogens is 2. The number of aryl methyl sites for hydroxylation is 1. The summed E-state index contributed by atoms with van der Waals surface area (Å²) in [5.74, 6) is 1.22. The summed E-state index contributed by atoms with van der Waals surface area (Å²) < 4.78 is 10.9. The number of hydrogen-bond donors (Lipinski definition) is 0. The maximum Gasteiger partial charge on any atom is 0.410 e. The SMILES string of the molecule is Cc1ccc(-c2noc([C@@H]3CCCN(C(=O)OC(C)(C)C)C3)n2)cc1. The largest absolute Gasteiger partial charge is 0.444 e. The van der Waals surface area contributed by atoms with Crippen molar-refractivity contribution in [1.29, 1.82) is 0 Å². The van der Waals surface area contributed by atoms with Gasteiger partial charge in [-0.15, -0.1) is 0 Å². The second kappa shape index (κ2) is 6.86. The number of amides is 1. The molecule has 3 rings (SSSR count). The van der Waals surface area contributed by atoms with Crippen LogP contribution in [0.5, 0.6) is 0 Å². The lowest BCUT2D eigenvalue weighted by Gasteiger charge is -2.32. The van der Waals surface area contributed by atoms with Crippen molar-refractivity contribution in [1.82, 2.24) is 15.0 Å². The number of carbonyl (C=O) groups is 1. The molecule has 0 radical (unpaired) electrons. The molecule has 1 aromatic heterocycles. The average Bonchev–Trinajstić information content (AvgIpc) is 3.04. The smallest absolute Gasteiger partial charge is 0.410 e.